The summed E-state index contributed by atoms with van der Waals surface area (Å²) in [5.74, 6) is 0. The molecule has 3 rings (SSSR count). The topological polar surface area (TPSA) is 58.1 Å². The zero-order valence-electron chi connectivity index (χ0n) is 13.9. The zero-order chi connectivity index (χ0) is 17.3. The quantitative estimate of drug-likeness (QED) is 0.753. The maximum atomic E-state index is 12.7. The van der Waals surface area contributed by atoms with Crippen LogP contribution in [-0.2, 0) is 19.6 Å². The summed E-state index contributed by atoms with van der Waals surface area (Å²) >= 11 is 0. The smallest absolute Gasteiger partial charge is 0.318 e. The molecule has 0 fully saturated rings. The van der Waals surface area contributed by atoms with E-state index >= 15 is 0 Å². The molecule has 0 radical (unpaired) electrons. The Bertz CT molecular complexity index is 737. The van der Waals surface area contributed by atoms with E-state index in [1.807, 2.05) is 54.6 Å². The minimum atomic E-state index is -0.107. The van der Waals surface area contributed by atoms with Gasteiger partial charge in [0.15, 0.2) is 0 Å². The van der Waals surface area contributed by atoms with E-state index in [-0.39, 0.29) is 6.03 Å². The molecule has 5 nitrogen and oxygen atoms in total. The van der Waals surface area contributed by atoms with Crippen molar-refractivity contribution in [2.75, 3.05) is 0 Å². The number of urea groups is 1. The van der Waals surface area contributed by atoms with Crippen LogP contribution in [0.4, 0.5) is 4.79 Å². The molecular formula is C20H20N4O. The third kappa shape index (κ3) is 5.14. The molecule has 0 aliphatic rings. The number of aromatic nitrogens is 2. The van der Waals surface area contributed by atoms with Gasteiger partial charge in [-0.25, -0.2) is 4.79 Å². The Balaban J connectivity index is 1.69. The number of hydrogen-bond donors (Lipinski definition) is 1. The van der Waals surface area contributed by atoms with Gasteiger partial charge in [-0.3, -0.25) is 9.97 Å². The molecule has 0 aliphatic heterocycles. The molecule has 126 valence electrons. The average molecular weight is 332 g/mol. The van der Waals surface area contributed by atoms with Gasteiger partial charge in [-0.1, -0.05) is 36.4 Å². The third-order valence-electron chi connectivity index (χ3n) is 3.79. The van der Waals surface area contributed by atoms with Crippen LogP contribution < -0.4 is 5.32 Å². The van der Waals surface area contributed by atoms with Crippen molar-refractivity contribution >= 4 is 6.03 Å². The van der Waals surface area contributed by atoms with Gasteiger partial charge in [0.2, 0.25) is 0 Å². The Morgan fingerprint density at radius 2 is 1.52 bits per heavy atom. The van der Waals surface area contributed by atoms with Crippen LogP contribution in [0, 0.1) is 0 Å². The molecule has 1 N–H and O–H groups in total. The first kappa shape index (κ1) is 16.6. The van der Waals surface area contributed by atoms with Crippen LogP contribution in [-0.4, -0.2) is 20.9 Å². The van der Waals surface area contributed by atoms with Gasteiger partial charge in [0, 0.05) is 44.4 Å². The van der Waals surface area contributed by atoms with Gasteiger partial charge in [-0.2, -0.15) is 0 Å². The number of rotatable bonds is 6. The number of pyridine rings is 2. The first-order valence-electron chi connectivity index (χ1n) is 8.16. The number of benzene rings is 1. The maximum absolute atomic E-state index is 12.7. The van der Waals surface area contributed by atoms with Crippen molar-refractivity contribution in [1.82, 2.24) is 20.2 Å². The van der Waals surface area contributed by atoms with E-state index in [0.29, 0.717) is 19.6 Å². The van der Waals surface area contributed by atoms with E-state index < -0.39 is 0 Å². The number of carbonyl (C=O) groups excluding carboxylic acids is 1. The van der Waals surface area contributed by atoms with E-state index in [2.05, 4.69) is 15.3 Å². The fraction of sp³-hybridized carbons (Fsp3) is 0.150. The summed E-state index contributed by atoms with van der Waals surface area (Å²) in [5, 5.41) is 2.99. The third-order valence-corrected chi connectivity index (χ3v) is 3.79. The van der Waals surface area contributed by atoms with Gasteiger partial charge < -0.3 is 10.2 Å². The molecular weight excluding hydrogens is 312 g/mol. The molecule has 0 spiro atoms. The normalized spacial score (nSPS) is 10.2. The monoisotopic (exact) mass is 332 g/mol. The van der Waals surface area contributed by atoms with Crippen molar-refractivity contribution in [3.05, 3.63) is 96.1 Å². The zero-order valence-corrected chi connectivity index (χ0v) is 13.9. The highest BCUT2D eigenvalue weighted by molar-refractivity contribution is 5.74. The van der Waals surface area contributed by atoms with Crippen LogP contribution >= 0.6 is 0 Å². The lowest BCUT2D eigenvalue weighted by Crippen LogP contribution is -2.38. The van der Waals surface area contributed by atoms with Crippen molar-refractivity contribution in [2.24, 2.45) is 0 Å². The number of carbonyl (C=O) groups is 1. The summed E-state index contributed by atoms with van der Waals surface area (Å²) in [6.07, 6.45) is 6.98. The predicted molar refractivity (Wildman–Crippen MR) is 96.4 cm³/mol. The highest BCUT2D eigenvalue weighted by Crippen LogP contribution is 2.09. The molecule has 2 aromatic heterocycles. The molecule has 5 heteroatoms. The lowest BCUT2D eigenvalue weighted by atomic mass is 10.2. The second-order valence-electron chi connectivity index (χ2n) is 5.72. The second kappa shape index (κ2) is 8.59. The van der Waals surface area contributed by atoms with Crippen LogP contribution in [0.5, 0.6) is 0 Å². The Kier molecular flexibility index (Phi) is 5.72. The summed E-state index contributed by atoms with van der Waals surface area (Å²) in [6.45, 7) is 1.51. The van der Waals surface area contributed by atoms with E-state index in [4.69, 9.17) is 0 Å². The standard InChI is InChI=1S/C20H20N4O/c25-20(23-14-17-5-2-1-3-6-17)24(15-18-8-11-21-12-9-18)16-19-7-4-10-22-13-19/h1-13H,14-16H2,(H,23,25). The minimum Gasteiger partial charge on any atom is -0.334 e. The highest BCUT2D eigenvalue weighted by atomic mass is 16.2. The molecule has 0 bridgehead atoms. The maximum Gasteiger partial charge on any atom is 0.318 e. The van der Waals surface area contributed by atoms with Crippen molar-refractivity contribution in [2.45, 2.75) is 19.6 Å². The first-order chi connectivity index (χ1) is 12.3. The first-order valence-corrected chi connectivity index (χ1v) is 8.16. The second-order valence-corrected chi connectivity index (χ2v) is 5.72. The minimum absolute atomic E-state index is 0.107. The van der Waals surface area contributed by atoms with Crippen molar-refractivity contribution in [3.63, 3.8) is 0 Å². The van der Waals surface area contributed by atoms with E-state index in [0.717, 1.165) is 16.7 Å². The highest BCUT2D eigenvalue weighted by Gasteiger charge is 2.14. The molecule has 0 atom stereocenters. The van der Waals surface area contributed by atoms with Crippen LogP contribution in [0.2, 0.25) is 0 Å². The lowest BCUT2D eigenvalue weighted by molar-refractivity contribution is 0.191. The number of nitrogens with one attached hydrogen (secondary N) is 1. The Hall–Kier alpha value is -3.21. The van der Waals surface area contributed by atoms with Crippen LogP contribution in [0.3, 0.4) is 0 Å². The van der Waals surface area contributed by atoms with Crippen LogP contribution in [0.15, 0.2) is 79.4 Å². The fourth-order valence-electron chi connectivity index (χ4n) is 2.51. The summed E-state index contributed by atoms with van der Waals surface area (Å²) in [5.41, 5.74) is 3.10. The van der Waals surface area contributed by atoms with E-state index in [1.165, 1.54) is 0 Å². The molecule has 2 amide bonds. The van der Waals surface area contributed by atoms with Gasteiger partial charge in [0.05, 0.1) is 0 Å². The van der Waals surface area contributed by atoms with Crippen LogP contribution in [0.1, 0.15) is 16.7 Å². The van der Waals surface area contributed by atoms with Crippen molar-refractivity contribution in [3.8, 4) is 0 Å². The van der Waals surface area contributed by atoms with E-state index in [1.54, 1.807) is 29.7 Å². The average Bonchev–Trinajstić information content (AvgIpc) is 2.68. The molecule has 0 saturated heterocycles. The van der Waals surface area contributed by atoms with Gasteiger partial charge in [0.1, 0.15) is 0 Å². The van der Waals surface area contributed by atoms with Gasteiger partial charge in [-0.15, -0.1) is 0 Å². The number of amides is 2. The SMILES string of the molecule is O=C(NCc1ccccc1)N(Cc1ccncc1)Cc1cccnc1. The Labute approximate surface area is 147 Å². The fourth-order valence-corrected chi connectivity index (χ4v) is 2.51. The number of nitrogens with zero attached hydrogens (tertiary/aromatic N) is 3. The van der Waals surface area contributed by atoms with Gasteiger partial charge in [-0.05, 0) is 34.9 Å². The lowest BCUT2D eigenvalue weighted by Gasteiger charge is -2.23. The molecule has 0 unspecified atom stereocenters. The molecule has 1 aromatic carbocycles. The molecule has 0 saturated carbocycles. The Morgan fingerprint density at radius 1 is 0.800 bits per heavy atom. The summed E-state index contributed by atoms with van der Waals surface area (Å²) in [6, 6.07) is 17.5. The summed E-state index contributed by atoms with van der Waals surface area (Å²) < 4.78 is 0. The molecule has 2 heterocycles. The Morgan fingerprint density at radius 3 is 2.24 bits per heavy atom. The summed E-state index contributed by atoms with van der Waals surface area (Å²) in [4.78, 5) is 22.6. The molecule has 0 aliphatic carbocycles. The molecule has 3 aromatic rings. The largest absolute Gasteiger partial charge is 0.334 e. The van der Waals surface area contributed by atoms with Gasteiger partial charge in [0.25, 0.3) is 0 Å². The summed E-state index contributed by atoms with van der Waals surface area (Å²) in [7, 11) is 0. The van der Waals surface area contributed by atoms with Crippen LogP contribution in [0.25, 0.3) is 0 Å². The van der Waals surface area contributed by atoms with Gasteiger partial charge >= 0.3 is 6.03 Å². The van der Waals surface area contributed by atoms with E-state index in [9.17, 15) is 4.79 Å². The molecule has 25 heavy (non-hydrogen) atoms. The predicted octanol–water partition coefficient (Wildman–Crippen LogP) is 3.39. The number of hydrogen-bond acceptors (Lipinski definition) is 3. The van der Waals surface area contributed by atoms with Crippen molar-refractivity contribution in [1.29, 1.82) is 0 Å². The van der Waals surface area contributed by atoms with Crippen molar-refractivity contribution < 1.29 is 4.79 Å².